The lowest BCUT2D eigenvalue weighted by Gasteiger charge is -1.99. The van der Waals surface area contributed by atoms with Gasteiger partial charge >= 0.3 is 0 Å². The number of nitrogens with zero attached hydrogens (tertiary/aromatic N) is 2. The molecule has 0 aliphatic carbocycles. The summed E-state index contributed by atoms with van der Waals surface area (Å²) in [4.78, 5) is 0. The molecule has 0 unspecified atom stereocenters. The molecular formula is C15H17N2+. The van der Waals surface area contributed by atoms with Crippen LogP contribution in [0.3, 0.4) is 0 Å². The van der Waals surface area contributed by atoms with Crippen molar-refractivity contribution in [3.05, 3.63) is 47.9 Å². The summed E-state index contributed by atoms with van der Waals surface area (Å²) in [6, 6.07) is 8.84. The standard InChI is InChI=1S/C15H17N2/c1-4-13-10-17-8-7-12-9-11(2)5-6-14(12)15(17)16(13)3/h5-10H,4H2,1-3H3/q+1. The monoisotopic (exact) mass is 225 g/mol. The highest BCUT2D eigenvalue weighted by Gasteiger charge is 2.15. The number of rotatable bonds is 1. The molecule has 1 aromatic carbocycles. The first-order valence-corrected chi connectivity index (χ1v) is 6.09. The zero-order chi connectivity index (χ0) is 12.0. The smallest absolute Gasteiger partial charge is 0.230 e. The van der Waals surface area contributed by atoms with Crippen molar-refractivity contribution in [2.75, 3.05) is 0 Å². The van der Waals surface area contributed by atoms with E-state index in [1.54, 1.807) is 0 Å². The van der Waals surface area contributed by atoms with E-state index in [1.165, 1.54) is 27.7 Å². The van der Waals surface area contributed by atoms with Crippen molar-refractivity contribution >= 4 is 16.4 Å². The van der Waals surface area contributed by atoms with Gasteiger partial charge in [-0.2, -0.15) is 0 Å². The van der Waals surface area contributed by atoms with Gasteiger partial charge in [-0.15, -0.1) is 0 Å². The van der Waals surface area contributed by atoms with Gasteiger partial charge in [0, 0.05) is 6.42 Å². The van der Waals surface area contributed by atoms with Gasteiger partial charge in [0.1, 0.15) is 11.9 Å². The van der Waals surface area contributed by atoms with Gasteiger partial charge in [-0.05, 0) is 24.4 Å². The number of hydrogen-bond donors (Lipinski definition) is 0. The molecule has 17 heavy (non-hydrogen) atoms. The highest BCUT2D eigenvalue weighted by Crippen LogP contribution is 2.19. The quantitative estimate of drug-likeness (QED) is 0.563. The lowest BCUT2D eigenvalue weighted by atomic mass is 10.1. The number of aromatic nitrogens is 2. The minimum atomic E-state index is 1.06. The van der Waals surface area contributed by atoms with E-state index in [0.29, 0.717) is 0 Å². The molecular weight excluding hydrogens is 208 g/mol. The van der Waals surface area contributed by atoms with Crippen LogP contribution in [0, 0.1) is 6.92 Å². The molecule has 2 aromatic heterocycles. The van der Waals surface area contributed by atoms with Gasteiger partial charge in [-0.3, -0.25) is 0 Å². The van der Waals surface area contributed by atoms with Gasteiger partial charge in [0.15, 0.2) is 0 Å². The third-order valence-corrected chi connectivity index (χ3v) is 3.51. The van der Waals surface area contributed by atoms with Crippen LogP contribution in [0.25, 0.3) is 16.4 Å². The number of aryl methyl sites for hydroxylation is 3. The molecule has 0 N–H and O–H groups in total. The summed E-state index contributed by atoms with van der Waals surface area (Å²) in [6.45, 7) is 4.33. The molecule has 0 aliphatic heterocycles. The highest BCUT2D eigenvalue weighted by molar-refractivity contribution is 5.92. The molecule has 0 bridgehead atoms. The lowest BCUT2D eigenvalue weighted by molar-refractivity contribution is -0.509. The van der Waals surface area contributed by atoms with Gasteiger partial charge < -0.3 is 0 Å². The van der Waals surface area contributed by atoms with Crippen LogP contribution in [0.2, 0.25) is 0 Å². The van der Waals surface area contributed by atoms with Crippen molar-refractivity contribution in [2.45, 2.75) is 20.3 Å². The fraction of sp³-hybridized carbons (Fsp3) is 0.267. The second-order valence-electron chi connectivity index (χ2n) is 4.67. The zero-order valence-corrected chi connectivity index (χ0v) is 10.6. The first kappa shape index (κ1) is 10.3. The van der Waals surface area contributed by atoms with Gasteiger partial charge in [-0.25, -0.2) is 8.97 Å². The Bertz CT molecular complexity index is 708. The molecule has 0 radical (unpaired) electrons. The fourth-order valence-electron chi connectivity index (χ4n) is 2.56. The third kappa shape index (κ3) is 1.44. The molecule has 2 heterocycles. The summed E-state index contributed by atoms with van der Waals surface area (Å²) in [5.74, 6) is 0. The molecule has 0 fully saturated rings. The average Bonchev–Trinajstić information content (AvgIpc) is 2.66. The van der Waals surface area contributed by atoms with Crippen LogP contribution in [0.1, 0.15) is 18.2 Å². The summed E-state index contributed by atoms with van der Waals surface area (Å²) < 4.78 is 4.51. The second kappa shape index (κ2) is 3.59. The lowest BCUT2D eigenvalue weighted by Crippen LogP contribution is -2.18. The van der Waals surface area contributed by atoms with E-state index < -0.39 is 0 Å². The molecule has 0 spiro atoms. The number of fused-ring (bicyclic) bond motifs is 3. The molecule has 0 saturated heterocycles. The van der Waals surface area contributed by atoms with E-state index >= 15 is 0 Å². The SMILES string of the molecule is CCc1c[n+]2ccc3cc(C)ccc3c2n1C. The van der Waals surface area contributed by atoms with E-state index in [2.05, 4.69) is 66.5 Å². The van der Waals surface area contributed by atoms with Gasteiger partial charge in [0.25, 0.3) is 5.65 Å². The van der Waals surface area contributed by atoms with Crippen LogP contribution < -0.4 is 4.40 Å². The van der Waals surface area contributed by atoms with Crippen LogP contribution in [-0.2, 0) is 13.5 Å². The van der Waals surface area contributed by atoms with Crippen molar-refractivity contribution < 1.29 is 4.40 Å². The first-order chi connectivity index (χ1) is 8.20. The Kier molecular flexibility index (Phi) is 2.18. The predicted molar refractivity (Wildman–Crippen MR) is 70.2 cm³/mol. The Morgan fingerprint density at radius 3 is 2.82 bits per heavy atom. The van der Waals surface area contributed by atoms with Gasteiger partial charge in [-0.1, -0.05) is 24.6 Å². The van der Waals surface area contributed by atoms with Crippen molar-refractivity contribution in [2.24, 2.45) is 7.05 Å². The van der Waals surface area contributed by atoms with Crippen LogP contribution >= 0.6 is 0 Å². The largest absolute Gasteiger partial charge is 0.294 e. The topological polar surface area (TPSA) is 9.03 Å². The van der Waals surface area contributed by atoms with Crippen molar-refractivity contribution in [1.82, 2.24) is 4.57 Å². The van der Waals surface area contributed by atoms with Crippen LogP contribution in [-0.4, -0.2) is 4.57 Å². The summed E-state index contributed by atoms with van der Waals surface area (Å²) in [5.41, 5.74) is 3.95. The minimum absolute atomic E-state index is 1.06. The number of benzene rings is 1. The molecule has 2 nitrogen and oxygen atoms in total. The van der Waals surface area contributed by atoms with Crippen molar-refractivity contribution in [3.63, 3.8) is 0 Å². The summed E-state index contributed by atoms with van der Waals surface area (Å²) >= 11 is 0. The highest BCUT2D eigenvalue weighted by atomic mass is 15.1. The van der Waals surface area contributed by atoms with Gasteiger partial charge in [0.2, 0.25) is 0 Å². The van der Waals surface area contributed by atoms with E-state index in [4.69, 9.17) is 0 Å². The Balaban J connectivity index is 2.50. The maximum Gasteiger partial charge on any atom is 0.294 e. The maximum absolute atomic E-state index is 2.29. The second-order valence-corrected chi connectivity index (χ2v) is 4.67. The Hall–Kier alpha value is -1.83. The van der Waals surface area contributed by atoms with E-state index in [1.807, 2.05) is 0 Å². The molecule has 2 heteroatoms. The van der Waals surface area contributed by atoms with E-state index in [-0.39, 0.29) is 0 Å². The fourth-order valence-corrected chi connectivity index (χ4v) is 2.56. The van der Waals surface area contributed by atoms with Crippen molar-refractivity contribution in [3.8, 4) is 0 Å². The molecule has 86 valence electrons. The minimum Gasteiger partial charge on any atom is -0.230 e. The van der Waals surface area contributed by atoms with Crippen LogP contribution in [0.4, 0.5) is 0 Å². The van der Waals surface area contributed by atoms with E-state index in [0.717, 1.165) is 6.42 Å². The Morgan fingerprint density at radius 2 is 2.06 bits per heavy atom. The average molecular weight is 225 g/mol. The number of imidazole rings is 1. The number of pyridine rings is 1. The van der Waals surface area contributed by atoms with Crippen LogP contribution in [0.15, 0.2) is 36.7 Å². The normalized spacial score (nSPS) is 11.5. The van der Waals surface area contributed by atoms with Gasteiger partial charge in [0.05, 0.1) is 18.6 Å². The summed E-state index contributed by atoms with van der Waals surface area (Å²) in [6.07, 6.45) is 5.43. The molecule has 0 amide bonds. The molecule has 0 saturated carbocycles. The summed E-state index contributed by atoms with van der Waals surface area (Å²) in [5, 5.41) is 2.63. The molecule has 0 atom stereocenters. The number of hydrogen-bond acceptors (Lipinski definition) is 0. The van der Waals surface area contributed by atoms with Crippen LogP contribution in [0.5, 0.6) is 0 Å². The third-order valence-electron chi connectivity index (χ3n) is 3.51. The first-order valence-electron chi connectivity index (χ1n) is 6.09. The molecule has 3 rings (SSSR count). The maximum atomic E-state index is 2.29. The summed E-state index contributed by atoms with van der Waals surface area (Å²) in [7, 11) is 2.15. The molecule has 0 aliphatic rings. The predicted octanol–water partition coefficient (Wildman–Crippen LogP) is 2.79. The van der Waals surface area contributed by atoms with Crippen molar-refractivity contribution in [1.29, 1.82) is 0 Å². The Morgan fingerprint density at radius 1 is 1.24 bits per heavy atom. The Labute approximate surface area is 101 Å². The molecule has 3 aromatic rings. The van der Waals surface area contributed by atoms with E-state index in [9.17, 15) is 0 Å². The zero-order valence-electron chi connectivity index (χ0n) is 10.6.